The van der Waals surface area contributed by atoms with Crippen LogP contribution in [0.25, 0.3) is 11.4 Å². The first-order valence-electron chi connectivity index (χ1n) is 6.28. The van der Waals surface area contributed by atoms with E-state index in [0.717, 1.165) is 31.6 Å². The van der Waals surface area contributed by atoms with Gasteiger partial charge >= 0.3 is 0 Å². The monoisotopic (exact) mass is 281 g/mol. The maximum atomic E-state index is 13.4. The Labute approximate surface area is 113 Å². The van der Waals surface area contributed by atoms with E-state index in [1.807, 2.05) is 0 Å². The van der Waals surface area contributed by atoms with Crippen LogP contribution in [0.3, 0.4) is 0 Å². The van der Waals surface area contributed by atoms with Gasteiger partial charge in [-0.25, -0.2) is 13.5 Å². The normalized spacial score (nSPS) is 18.6. The van der Waals surface area contributed by atoms with Crippen LogP contribution in [-0.4, -0.2) is 32.9 Å². The van der Waals surface area contributed by atoms with E-state index in [1.54, 1.807) is 0 Å². The Hall–Kier alpha value is -2.09. The fourth-order valence-electron chi connectivity index (χ4n) is 2.26. The molecule has 1 unspecified atom stereocenters. The van der Waals surface area contributed by atoms with E-state index in [-0.39, 0.29) is 17.4 Å². The lowest BCUT2D eigenvalue weighted by atomic mass is 10.1. The number of hydrogen-bond acceptors (Lipinski definition) is 5. The first kappa shape index (κ1) is 12.9. The first-order chi connectivity index (χ1) is 9.65. The third kappa shape index (κ3) is 2.34. The Balaban J connectivity index is 1.94. The van der Waals surface area contributed by atoms with Crippen LogP contribution >= 0.6 is 0 Å². The van der Waals surface area contributed by atoms with Crippen molar-refractivity contribution in [3.8, 4) is 11.4 Å². The third-order valence-electron chi connectivity index (χ3n) is 3.27. The van der Waals surface area contributed by atoms with E-state index < -0.39 is 11.6 Å². The van der Waals surface area contributed by atoms with Crippen LogP contribution in [0.5, 0.6) is 0 Å². The largest absolute Gasteiger partial charge is 0.398 e. The van der Waals surface area contributed by atoms with Gasteiger partial charge in [-0.2, -0.15) is 0 Å². The highest BCUT2D eigenvalue weighted by molar-refractivity contribution is 5.71. The summed E-state index contributed by atoms with van der Waals surface area (Å²) in [5.41, 5.74) is 6.07. The number of nitrogens with two attached hydrogens (primary N) is 1. The van der Waals surface area contributed by atoms with Crippen molar-refractivity contribution in [1.29, 1.82) is 0 Å². The molecule has 1 fully saturated rings. The van der Waals surface area contributed by atoms with E-state index in [0.29, 0.717) is 12.4 Å². The molecule has 2 aromatic rings. The molecule has 3 rings (SSSR count). The van der Waals surface area contributed by atoms with Gasteiger partial charge in [-0.1, -0.05) is 0 Å². The Morgan fingerprint density at radius 1 is 1.35 bits per heavy atom. The summed E-state index contributed by atoms with van der Waals surface area (Å²) < 4.78 is 33.5. The molecule has 1 saturated heterocycles. The minimum atomic E-state index is -0.996. The van der Waals surface area contributed by atoms with Gasteiger partial charge in [0.25, 0.3) is 0 Å². The Morgan fingerprint density at radius 3 is 2.90 bits per heavy atom. The molecule has 106 valence electrons. The molecule has 2 N–H and O–H groups in total. The van der Waals surface area contributed by atoms with Crippen LogP contribution in [0.4, 0.5) is 14.5 Å². The van der Waals surface area contributed by atoms with Gasteiger partial charge in [-0.3, -0.25) is 0 Å². The molecular formula is C12H13F2N5O. The van der Waals surface area contributed by atoms with Gasteiger partial charge in [0.05, 0.1) is 12.6 Å². The fraction of sp³-hybridized carbons (Fsp3) is 0.417. The summed E-state index contributed by atoms with van der Waals surface area (Å²) >= 11 is 0. The van der Waals surface area contributed by atoms with Crippen LogP contribution < -0.4 is 5.73 Å². The smallest absolute Gasteiger partial charge is 0.184 e. The zero-order chi connectivity index (χ0) is 14.1. The Morgan fingerprint density at radius 2 is 2.15 bits per heavy atom. The van der Waals surface area contributed by atoms with Gasteiger partial charge in [0.15, 0.2) is 17.5 Å². The highest BCUT2D eigenvalue weighted by atomic mass is 19.2. The molecule has 6 nitrogen and oxygen atoms in total. The molecule has 0 aliphatic carbocycles. The number of aromatic nitrogens is 4. The van der Waals surface area contributed by atoms with E-state index in [4.69, 9.17) is 10.5 Å². The van der Waals surface area contributed by atoms with Gasteiger partial charge < -0.3 is 10.5 Å². The lowest BCUT2D eigenvalue weighted by molar-refractivity contribution is 0.0939. The third-order valence-corrected chi connectivity index (χ3v) is 3.27. The summed E-state index contributed by atoms with van der Waals surface area (Å²) in [4.78, 5) is 0. The highest BCUT2D eigenvalue weighted by Crippen LogP contribution is 2.26. The van der Waals surface area contributed by atoms with Crippen molar-refractivity contribution < 1.29 is 13.5 Å². The molecular weight excluding hydrogens is 268 g/mol. The first-order valence-corrected chi connectivity index (χ1v) is 6.28. The molecule has 1 aliphatic heterocycles. The molecule has 0 radical (unpaired) electrons. The molecule has 0 amide bonds. The molecule has 8 heteroatoms. The second-order valence-electron chi connectivity index (χ2n) is 4.67. The predicted octanol–water partition coefficient (Wildman–Crippen LogP) is 1.38. The summed E-state index contributed by atoms with van der Waals surface area (Å²) in [6.07, 6.45) is 1.95. The zero-order valence-corrected chi connectivity index (χ0v) is 10.6. The second-order valence-corrected chi connectivity index (χ2v) is 4.67. The number of halogens is 2. The number of ether oxygens (including phenoxy) is 1. The van der Waals surface area contributed by atoms with Gasteiger partial charge in [0.2, 0.25) is 0 Å². The average Bonchev–Trinajstić information content (AvgIpc) is 3.06. The average molecular weight is 281 g/mol. The van der Waals surface area contributed by atoms with E-state index in [9.17, 15) is 8.78 Å². The number of anilines is 1. The second kappa shape index (κ2) is 5.12. The number of nitrogen functional groups attached to an aromatic ring is 1. The molecule has 20 heavy (non-hydrogen) atoms. The number of nitrogens with zero attached hydrogens (tertiary/aromatic N) is 4. The van der Waals surface area contributed by atoms with Gasteiger partial charge in [0, 0.05) is 23.9 Å². The van der Waals surface area contributed by atoms with E-state index >= 15 is 0 Å². The number of hydrogen-bond donors (Lipinski definition) is 1. The van der Waals surface area contributed by atoms with Crippen molar-refractivity contribution in [2.45, 2.75) is 25.5 Å². The molecule has 2 heterocycles. The van der Waals surface area contributed by atoms with Crippen molar-refractivity contribution in [3.05, 3.63) is 23.8 Å². The van der Waals surface area contributed by atoms with Crippen LogP contribution in [-0.2, 0) is 11.3 Å². The maximum absolute atomic E-state index is 13.4. The van der Waals surface area contributed by atoms with Crippen LogP contribution in [0.1, 0.15) is 12.8 Å². The minimum absolute atomic E-state index is 0.0313. The van der Waals surface area contributed by atoms with Crippen molar-refractivity contribution >= 4 is 5.69 Å². The van der Waals surface area contributed by atoms with Gasteiger partial charge in [-0.15, -0.1) is 5.10 Å². The predicted molar refractivity (Wildman–Crippen MR) is 66.6 cm³/mol. The van der Waals surface area contributed by atoms with Crippen LogP contribution in [0.2, 0.25) is 0 Å². The van der Waals surface area contributed by atoms with Gasteiger partial charge in [-0.05, 0) is 29.3 Å². The SMILES string of the molecule is Nc1cc(F)c(F)cc1-c1nnnn1CC1CCCO1. The van der Waals surface area contributed by atoms with Crippen molar-refractivity contribution in [1.82, 2.24) is 20.2 Å². The molecule has 0 spiro atoms. The summed E-state index contributed by atoms with van der Waals surface area (Å²) in [5.74, 6) is -1.68. The molecule has 1 aromatic heterocycles. The molecule has 0 saturated carbocycles. The topological polar surface area (TPSA) is 78.9 Å². The summed E-state index contributed by atoms with van der Waals surface area (Å²) in [5, 5.41) is 11.3. The quantitative estimate of drug-likeness (QED) is 0.860. The molecule has 1 aliphatic rings. The summed E-state index contributed by atoms with van der Waals surface area (Å²) in [6.45, 7) is 1.18. The Bertz CT molecular complexity index is 624. The summed E-state index contributed by atoms with van der Waals surface area (Å²) in [6, 6.07) is 1.93. The number of rotatable bonds is 3. The van der Waals surface area contributed by atoms with E-state index in [2.05, 4.69) is 15.5 Å². The standard InChI is InChI=1S/C12H13F2N5O/c13-9-4-8(11(15)5-10(9)14)12-16-17-18-19(12)6-7-2-1-3-20-7/h4-5,7H,1-3,6,15H2. The van der Waals surface area contributed by atoms with Crippen molar-refractivity contribution in [2.24, 2.45) is 0 Å². The van der Waals surface area contributed by atoms with Crippen molar-refractivity contribution in [3.63, 3.8) is 0 Å². The van der Waals surface area contributed by atoms with Crippen molar-refractivity contribution in [2.75, 3.05) is 12.3 Å². The van der Waals surface area contributed by atoms with Crippen LogP contribution in [0, 0.1) is 11.6 Å². The minimum Gasteiger partial charge on any atom is -0.398 e. The lowest BCUT2D eigenvalue weighted by Crippen LogP contribution is -2.17. The van der Waals surface area contributed by atoms with Gasteiger partial charge in [0.1, 0.15) is 0 Å². The highest BCUT2D eigenvalue weighted by Gasteiger charge is 2.21. The van der Waals surface area contributed by atoms with E-state index in [1.165, 1.54) is 4.68 Å². The molecule has 1 aromatic carbocycles. The fourth-order valence-corrected chi connectivity index (χ4v) is 2.26. The van der Waals surface area contributed by atoms with Crippen LogP contribution in [0.15, 0.2) is 12.1 Å². The zero-order valence-electron chi connectivity index (χ0n) is 10.6. The summed E-state index contributed by atoms with van der Waals surface area (Å²) in [7, 11) is 0. The number of benzene rings is 1. The maximum Gasteiger partial charge on any atom is 0.184 e. The number of tetrazole rings is 1. The molecule has 1 atom stereocenters. The lowest BCUT2D eigenvalue weighted by Gasteiger charge is -2.11. The molecule has 0 bridgehead atoms. The Kier molecular flexibility index (Phi) is 3.31.